The fourth-order valence-electron chi connectivity index (χ4n) is 0.880. The van der Waals surface area contributed by atoms with Crippen molar-refractivity contribution < 1.29 is 0 Å². The van der Waals surface area contributed by atoms with Gasteiger partial charge in [0, 0.05) is 24.6 Å². The first kappa shape index (κ1) is 8.46. The molecule has 0 aromatic heterocycles. The Morgan fingerprint density at radius 3 is 2.50 bits per heavy atom. The zero-order valence-corrected chi connectivity index (χ0v) is 6.83. The second-order valence-electron chi connectivity index (χ2n) is 2.48. The zero-order valence-electron chi connectivity index (χ0n) is 6.83. The Morgan fingerprint density at radius 2 is 1.92 bits per heavy atom. The van der Waals surface area contributed by atoms with E-state index in [4.69, 9.17) is 11.5 Å². The molecule has 0 atom stereocenters. The summed E-state index contributed by atoms with van der Waals surface area (Å²) >= 11 is 0. The molecule has 3 nitrogen and oxygen atoms in total. The number of nitrogen functional groups attached to an aromatic ring is 1. The largest absolute Gasteiger partial charge is 0.403 e. The van der Waals surface area contributed by atoms with E-state index in [2.05, 4.69) is 5.32 Å². The van der Waals surface area contributed by atoms with Gasteiger partial charge in [-0.3, -0.25) is 0 Å². The molecule has 1 rings (SSSR count). The summed E-state index contributed by atoms with van der Waals surface area (Å²) in [5.74, 6) is 0. The molecule has 0 heterocycles. The van der Waals surface area contributed by atoms with Crippen molar-refractivity contribution in [3.63, 3.8) is 0 Å². The first-order valence-corrected chi connectivity index (χ1v) is 3.77. The van der Waals surface area contributed by atoms with Gasteiger partial charge < -0.3 is 16.8 Å². The Bertz CT molecular complexity index is 251. The van der Waals surface area contributed by atoms with Crippen LogP contribution in [-0.4, -0.2) is 0 Å². The Balaban J connectivity index is 2.47. The van der Waals surface area contributed by atoms with Gasteiger partial charge in [0.1, 0.15) is 0 Å². The van der Waals surface area contributed by atoms with Gasteiger partial charge in [-0.05, 0) is 17.7 Å². The van der Waals surface area contributed by atoms with Crippen LogP contribution in [0.3, 0.4) is 0 Å². The van der Waals surface area contributed by atoms with Gasteiger partial charge in [-0.15, -0.1) is 0 Å². The van der Waals surface area contributed by atoms with Crippen LogP contribution < -0.4 is 16.8 Å². The van der Waals surface area contributed by atoms with Crippen LogP contribution in [0.15, 0.2) is 36.7 Å². The van der Waals surface area contributed by atoms with E-state index in [9.17, 15) is 0 Å². The van der Waals surface area contributed by atoms with Gasteiger partial charge in [-0.25, -0.2) is 0 Å². The van der Waals surface area contributed by atoms with Crippen LogP contribution in [0.4, 0.5) is 5.69 Å². The standard InChI is InChI=1S/C9H13N3/c10-5-6-12-7-8-1-3-9(11)4-2-8/h1-6,12H,7,10-11H2/b6-5-. The van der Waals surface area contributed by atoms with Crippen molar-refractivity contribution in [2.75, 3.05) is 5.73 Å². The average Bonchev–Trinajstić information content (AvgIpc) is 2.09. The highest BCUT2D eigenvalue weighted by Crippen LogP contribution is 2.04. The molecule has 0 fully saturated rings. The molecule has 64 valence electrons. The summed E-state index contributed by atoms with van der Waals surface area (Å²) in [7, 11) is 0. The molecular formula is C9H13N3. The fraction of sp³-hybridized carbons (Fsp3) is 0.111. The van der Waals surface area contributed by atoms with Crippen molar-refractivity contribution in [1.82, 2.24) is 5.32 Å². The highest BCUT2D eigenvalue weighted by molar-refractivity contribution is 5.39. The summed E-state index contributed by atoms with van der Waals surface area (Å²) < 4.78 is 0. The molecule has 0 amide bonds. The fourth-order valence-corrected chi connectivity index (χ4v) is 0.880. The summed E-state index contributed by atoms with van der Waals surface area (Å²) in [4.78, 5) is 0. The van der Waals surface area contributed by atoms with Crippen molar-refractivity contribution >= 4 is 5.69 Å². The van der Waals surface area contributed by atoms with Gasteiger partial charge in [0.25, 0.3) is 0 Å². The lowest BCUT2D eigenvalue weighted by Crippen LogP contribution is -2.05. The van der Waals surface area contributed by atoms with Gasteiger partial charge in [0.05, 0.1) is 0 Å². The van der Waals surface area contributed by atoms with Crippen LogP contribution >= 0.6 is 0 Å². The monoisotopic (exact) mass is 163 g/mol. The summed E-state index contributed by atoms with van der Waals surface area (Å²) in [6, 6.07) is 7.71. The Hall–Kier alpha value is -1.64. The van der Waals surface area contributed by atoms with E-state index >= 15 is 0 Å². The van der Waals surface area contributed by atoms with E-state index in [-0.39, 0.29) is 0 Å². The van der Waals surface area contributed by atoms with Crippen molar-refractivity contribution in [1.29, 1.82) is 0 Å². The van der Waals surface area contributed by atoms with Gasteiger partial charge in [0.15, 0.2) is 0 Å². The highest BCUT2D eigenvalue weighted by Gasteiger charge is 1.88. The number of hydrogen-bond acceptors (Lipinski definition) is 3. The SMILES string of the molecule is N/C=C\NCc1ccc(N)cc1. The van der Waals surface area contributed by atoms with E-state index in [1.165, 1.54) is 11.8 Å². The van der Waals surface area contributed by atoms with E-state index in [1.807, 2.05) is 24.3 Å². The van der Waals surface area contributed by atoms with Crippen LogP contribution in [0.1, 0.15) is 5.56 Å². The Labute approximate surface area is 72.1 Å². The lowest BCUT2D eigenvalue weighted by atomic mass is 10.2. The van der Waals surface area contributed by atoms with Crippen molar-refractivity contribution in [2.24, 2.45) is 5.73 Å². The molecule has 0 spiro atoms. The lowest BCUT2D eigenvalue weighted by molar-refractivity contribution is 0.867. The number of nitrogens with two attached hydrogens (primary N) is 2. The third-order valence-corrected chi connectivity index (χ3v) is 1.50. The Morgan fingerprint density at radius 1 is 1.25 bits per heavy atom. The van der Waals surface area contributed by atoms with Gasteiger partial charge in [-0.2, -0.15) is 0 Å². The number of rotatable bonds is 3. The van der Waals surface area contributed by atoms with Crippen LogP contribution in [0.5, 0.6) is 0 Å². The second-order valence-corrected chi connectivity index (χ2v) is 2.48. The summed E-state index contributed by atoms with van der Waals surface area (Å²) in [5, 5.41) is 3.02. The molecule has 12 heavy (non-hydrogen) atoms. The number of hydrogen-bond donors (Lipinski definition) is 3. The maximum absolute atomic E-state index is 5.53. The third kappa shape index (κ3) is 2.54. The predicted octanol–water partition coefficient (Wildman–Crippen LogP) is 0.788. The summed E-state index contributed by atoms with van der Waals surface area (Å²) in [6.45, 7) is 0.772. The molecule has 0 aliphatic rings. The number of benzene rings is 1. The first-order valence-electron chi connectivity index (χ1n) is 3.77. The molecule has 1 aromatic rings. The first-order chi connectivity index (χ1) is 5.83. The van der Waals surface area contributed by atoms with Gasteiger partial charge >= 0.3 is 0 Å². The lowest BCUT2D eigenvalue weighted by Gasteiger charge is -2.00. The molecule has 0 bridgehead atoms. The summed E-state index contributed by atoms with van der Waals surface area (Å²) in [6.07, 6.45) is 3.17. The van der Waals surface area contributed by atoms with Crippen LogP contribution in [-0.2, 0) is 6.54 Å². The molecule has 0 saturated heterocycles. The molecule has 5 N–H and O–H groups in total. The number of nitrogens with one attached hydrogen (secondary N) is 1. The van der Waals surface area contributed by atoms with Crippen LogP contribution in [0, 0.1) is 0 Å². The van der Waals surface area contributed by atoms with Crippen molar-refractivity contribution in [2.45, 2.75) is 6.54 Å². The minimum atomic E-state index is 0.772. The van der Waals surface area contributed by atoms with E-state index < -0.39 is 0 Å². The van der Waals surface area contributed by atoms with Crippen molar-refractivity contribution in [3.8, 4) is 0 Å². The smallest absolute Gasteiger partial charge is 0.0395 e. The third-order valence-electron chi connectivity index (χ3n) is 1.50. The normalized spacial score (nSPS) is 10.3. The highest BCUT2D eigenvalue weighted by atomic mass is 14.8. The van der Waals surface area contributed by atoms with Crippen LogP contribution in [0.25, 0.3) is 0 Å². The predicted molar refractivity (Wildman–Crippen MR) is 51.0 cm³/mol. The zero-order chi connectivity index (χ0) is 8.81. The molecule has 0 unspecified atom stereocenters. The molecule has 0 aliphatic heterocycles. The topological polar surface area (TPSA) is 64.1 Å². The average molecular weight is 163 g/mol. The minimum absolute atomic E-state index is 0.772. The maximum atomic E-state index is 5.53. The van der Waals surface area contributed by atoms with Crippen LogP contribution in [0.2, 0.25) is 0 Å². The van der Waals surface area contributed by atoms with Crippen molar-refractivity contribution in [3.05, 3.63) is 42.2 Å². The summed E-state index contributed by atoms with van der Waals surface area (Å²) in [5.41, 5.74) is 12.6. The van der Waals surface area contributed by atoms with E-state index in [1.54, 1.807) is 6.20 Å². The van der Waals surface area contributed by atoms with E-state index in [0.29, 0.717) is 0 Å². The molecule has 0 saturated carbocycles. The quantitative estimate of drug-likeness (QED) is 0.577. The van der Waals surface area contributed by atoms with Gasteiger partial charge in [0.2, 0.25) is 0 Å². The minimum Gasteiger partial charge on any atom is -0.403 e. The Kier molecular flexibility index (Phi) is 3.02. The molecule has 3 heteroatoms. The maximum Gasteiger partial charge on any atom is 0.0395 e. The van der Waals surface area contributed by atoms with E-state index in [0.717, 1.165) is 12.2 Å². The molecule has 0 aliphatic carbocycles. The molecule has 0 radical (unpaired) electrons. The number of anilines is 1. The molecule has 1 aromatic carbocycles. The molecular weight excluding hydrogens is 150 g/mol. The second kappa shape index (κ2) is 4.28. The van der Waals surface area contributed by atoms with Gasteiger partial charge in [-0.1, -0.05) is 12.1 Å².